The number of alkyl halides is 2. The Balaban J connectivity index is 3.13. The third-order valence-electron chi connectivity index (χ3n) is 1.28. The number of nitrogen functional groups attached to an aromatic ring is 1. The van der Waals surface area contributed by atoms with Gasteiger partial charge in [-0.15, -0.1) is 0 Å². The second-order valence-corrected chi connectivity index (χ2v) is 2.99. The van der Waals surface area contributed by atoms with E-state index in [1.54, 1.807) is 6.07 Å². The van der Waals surface area contributed by atoms with E-state index < -0.39 is 6.43 Å². The van der Waals surface area contributed by atoms with E-state index in [-0.39, 0.29) is 11.3 Å². The first kappa shape index (κ1) is 8.46. The molecule has 0 bridgehead atoms. The van der Waals surface area contributed by atoms with E-state index >= 15 is 0 Å². The number of hydrogen-bond acceptors (Lipinski definition) is 1. The van der Waals surface area contributed by atoms with Gasteiger partial charge in [0.2, 0.25) is 0 Å². The summed E-state index contributed by atoms with van der Waals surface area (Å²) in [6.07, 6.45) is -2.51. The molecule has 1 rings (SSSR count). The Morgan fingerprint density at radius 1 is 1.36 bits per heavy atom. The van der Waals surface area contributed by atoms with Crippen molar-refractivity contribution in [2.45, 2.75) is 6.43 Å². The lowest BCUT2D eigenvalue weighted by atomic mass is 10.2. The molecule has 1 aromatic rings. The van der Waals surface area contributed by atoms with Crippen LogP contribution in [-0.2, 0) is 0 Å². The molecular weight excluding hydrogens is 216 g/mol. The van der Waals surface area contributed by atoms with Crippen LogP contribution in [0.3, 0.4) is 0 Å². The Morgan fingerprint density at radius 3 is 2.45 bits per heavy atom. The van der Waals surface area contributed by atoms with Gasteiger partial charge in [-0.05, 0) is 18.2 Å². The number of anilines is 1. The summed E-state index contributed by atoms with van der Waals surface area (Å²) in [5.41, 5.74) is 5.29. The third-order valence-corrected chi connectivity index (χ3v) is 1.78. The molecule has 0 aliphatic rings. The largest absolute Gasteiger partial charge is 0.398 e. The SMILES string of the molecule is Nc1ccc(Br)cc1C(F)F. The predicted octanol–water partition coefficient (Wildman–Crippen LogP) is 2.97. The first-order chi connectivity index (χ1) is 5.11. The highest BCUT2D eigenvalue weighted by Crippen LogP contribution is 2.27. The summed E-state index contributed by atoms with van der Waals surface area (Å²) in [5, 5.41) is 0. The fourth-order valence-corrected chi connectivity index (χ4v) is 1.11. The smallest absolute Gasteiger partial charge is 0.265 e. The quantitative estimate of drug-likeness (QED) is 0.726. The lowest BCUT2D eigenvalue weighted by molar-refractivity contribution is 0.152. The summed E-state index contributed by atoms with van der Waals surface area (Å²) in [5.74, 6) is 0. The average Bonchev–Trinajstić information content (AvgIpc) is 1.94. The predicted molar refractivity (Wildman–Crippen MR) is 43.5 cm³/mol. The highest BCUT2D eigenvalue weighted by atomic mass is 79.9. The van der Waals surface area contributed by atoms with E-state index in [1.165, 1.54) is 12.1 Å². The van der Waals surface area contributed by atoms with Gasteiger partial charge in [0.15, 0.2) is 0 Å². The fourth-order valence-electron chi connectivity index (χ4n) is 0.735. The molecule has 1 aromatic carbocycles. The standard InChI is InChI=1S/C7H6BrF2N/c8-4-1-2-6(11)5(3-4)7(9)10/h1-3,7H,11H2. The maximum Gasteiger partial charge on any atom is 0.265 e. The molecule has 1 nitrogen and oxygen atoms in total. The lowest BCUT2D eigenvalue weighted by Gasteiger charge is -2.03. The highest BCUT2D eigenvalue weighted by Gasteiger charge is 2.10. The van der Waals surface area contributed by atoms with E-state index in [0.29, 0.717) is 4.47 Å². The first-order valence-corrected chi connectivity index (χ1v) is 3.73. The molecule has 0 heterocycles. The third kappa shape index (κ3) is 1.89. The zero-order chi connectivity index (χ0) is 8.43. The highest BCUT2D eigenvalue weighted by molar-refractivity contribution is 9.10. The number of nitrogens with two attached hydrogens (primary N) is 1. The fraction of sp³-hybridized carbons (Fsp3) is 0.143. The summed E-state index contributed by atoms with van der Waals surface area (Å²) in [6.45, 7) is 0. The van der Waals surface area contributed by atoms with Gasteiger partial charge in [-0.3, -0.25) is 0 Å². The van der Waals surface area contributed by atoms with E-state index in [0.717, 1.165) is 0 Å². The maximum atomic E-state index is 12.1. The topological polar surface area (TPSA) is 26.0 Å². The van der Waals surface area contributed by atoms with Gasteiger partial charge >= 0.3 is 0 Å². The molecule has 0 unspecified atom stereocenters. The maximum absolute atomic E-state index is 12.1. The van der Waals surface area contributed by atoms with Crippen LogP contribution < -0.4 is 5.73 Å². The minimum atomic E-state index is -2.51. The molecule has 2 N–H and O–H groups in total. The second-order valence-electron chi connectivity index (χ2n) is 2.07. The number of halogens is 3. The van der Waals surface area contributed by atoms with Crippen LogP contribution in [0.15, 0.2) is 22.7 Å². The van der Waals surface area contributed by atoms with Crippen molar-refractivity contribution in [1.82, 2.24) is 0 Å². The van der Waals surface area contributed by atoms with Gasteiger partial charge in [-0.1, -0.05) is 15.9 Å². The van der Waals surface area contributed by atoms with Crippen molar-refractivity contribution in [3.8, 4) is 0 Å². The van der Waals surface area contributed by atoms with Crippen molar-refractivity contribution in [3.63, 3.8) is 0 Å². The van der Waals surface area contributed by atoms with Crippen LogP contribution in [0.2, 0.25) is 0 Å². The molecule has 60 valence electrons. The van der Waals surface area contributed by atoms with Crippen molar-refractivity contribution in [1.29, 1.82) is 0 Å². The molecule has 0 saturated carbocycles. The van der Waals surface area contributed by atoms with Crippen LogP contribution in [-0.4, -0.2) is 0 Å². The van der Waals surface area contributed by atoms with Crippen LogP contribution >= 0.6 is 15.9 Å². The number of rotatable bonds is 1. The minimum Gasteiger partial charge on any atom is -0.398 e. The molecule has 0 spiro atoms. The van der Waals surface area contributed by atoms with Gasteiger partial charge in [0.05, 0.1) is 0 Å². The first-order valence-electron chi connectivity index (χ1n) is 2.94. The van der Waals surface area contributed by atoms with Gasteiger partial charge in [0.1, 0.15) is 0 Å². The average molecular weight is 222 g/mol. The summed E-state index contributed by atoms with van der Waals surface area (Å²) in [6, 6.07) is 4.40. The molecule has 0 aromatic heterocycles. The van der Waals surface area contributed by atoms with Gasteiger partial charge in [0.25, 0.3) is 6.43 Å². The number of benzene rings is 1. The van der Waals surface area contributed by atoms with Crippen molar-refractivity contribution in [2.75, 3.05) is 5.73 Å². The minimum absolute atomic E-state index is 0.126. The Kier molecular flexibility index (Phi) is 2.44. The Morgan fingerprint density at radius 2 is 2.00 bits per heavy atom. The van der Waals surface area contributed by atoms with Crippen LogP contribution in [0.4, 0.5) is 14.5 Å². The zero-order valence-electron chi connectivity index (χ0n) is 5.52. The Bertz CT molecular complexity index is 263. The molecule has 0 radical (unpaired) electrons. The zero-order valence-corrected chi connectivity index (χ0v) is 7.11. The van der Waals surface area contributed by atoms with Gasteiger partial charge in [0, 0.05) is 15.7 Å². The van der Waals surface area contributed by atoms with Crippen molar-refractivity contribution >= 4 is 21.6 Å². The van der Waals surface area contributed by atoms with Crippen molar-refractivity contribution < 1.29 is 8.78 Å². The monoisotopic (exact) mass is 221 g/mol. The van der Waals surface area contributed by atoms with Gasteiger partial charge in [-0.2, -0.15) is 0 Å². The summed E-state index contributed by atoms with van der Waals surface area (Å²) in [4.78, 5) is 0. The molecule has 0 fully saturated rings. The molecule has 0 amide bonds. The molecule has 4 heteroatoms. The van der Waals surface area contributed by atoms with Gasteiger partial charge < -0.3 is 5.73 Å². The van der Waals surface area contributed by atoms with Crippen LogP contribution in [0, 0.1) is 0 Å². The van der Waals surface area contributed by atoms with E-state index in [2.05, 4.69) is 15.9 Å². The summed E-state index contributed by atoms with van der Waals surface area (Å²) in [7, 11) is 0. The van der Waals surface area contributed by atoms with E-state index in [4.69, 9.17) is 5.73 Å². The van der Waals surface area contributed by atoms with Crippen molar-refractivity contribution in [2.24, 2.45) is 0 Å². The summed E-state index contributed by atoms with van der Waals surface area (Å²) < 4.78 is 24.8. The lowest BCUT2D eigenvalue weighted by Crippen LogP contribution is -1.93. The Labute approximate surface area is 71.3 Å². The van der Waals surface area contributed by atoms with E-state index in [9.17, 15) is 8.78 Å². The normalized spacial score (nSPS) is 10.5. The van der Waals surface area contributed by atoms with Crippen molar-refractivity contribution in [3.05, 3.63) is 28.2 Å². The van der Waals surface area contributed by atoms with Gasteiger partial charge in [-0.25, -0.2) is 8.78 Å². The molecule has 0 aliphatic carbocycles. The van der Waals surface area contributed by atoms with Crippen LogP contribution in [0.5, 0.6) is 0 Å². The number of hydrogen-bond donors (Lipinski definition) is 1. The van der Waals surface area contributed by atoms with Crippen LogP contribution in [0.1, 0.15) is 12.0 Å². The molecule has 11 heavy (non-hydrogen) atoms. The van der Waals surface area contributed by atoms with E-state index in [1.807, 2.05) is 0 Å². The molecule has 0 saturated heterocycles. The summed E-state index contributed by atoms with van der Waals surface area (Å²) >= 11 is 3.08. The molecular formula is C7H6BrF2N. The molecule has 0 atom stereocenters. The second kappa shape index (κ2) is 3.17. The molecule has 0 aliphatic heterocycles. The van der Waals surface area contributed by atoms with Crippen LogP contribution in [0.25, 0.3) is 0 Å². The Hall–Kier alpha value is -0.640.